The first-order chi connectivity index (χ1) is 8.60. The SMILES string of the molecule is CC1(C)[C@H](NC(=O)C2CCNCC2)[C@@H]2CCO[C@H]21. The quantitative estimate of drug-likeness (QED) is 0.768. The highest BCUT2D eigenvalue weighted by atomic mass is 16.5. The molecule has 0 radical (unpaired) electrons. The van der Waals surface area contributed by atoms with E-state index in [4.69, 9.17) is 4.74 Å². The Morgan fingerprint density at radius 2 is 2.00 bits per heavy atom. The minimum absolute atomic E-state index is 0.101. The standard InChI is InChI=1S/C14H24N2O2/c1-14(2)11(10-5-8-18-12(10)14)16-13(17)9-3-6-15-7-4-9/h9-12,15H,3-8H2,1-2H3,(H,16,17)/t10-,11+,12+/m0/s1. The smallest absolute Gasteiger partial charge is 0.223 e. The van der Waals surface area contributed by atoms with Crippen LogP contribution in [-0.2, 0) is 9.53 Å². The summed E-state index contributed by atoms with van der Waals surface area (Å²) in [5.74, 6) is 1.02. The highest BCUT2D eigenvalue weighted by molar-refractivity contribution is 5.79. The van der Waals surface area contributed by atoms with Crippen LogP contribution in [0, 0.1) is 17.3 Å². The van der Waals surface area contributed by atoms with E-state index >= 15 is 0 Å². The number of ether oxygens (including phenoxy) is 1. The van der Waals surface area contributed by atoms with Crippen molar-refractivity contribution in [1.82, 2.24) is 10.6 Å². The Labute approximate surface area is 109 Å². The van der Waals surface area contributed by atoms with Gasteiger partial charge < -0.3 is 15.4 Å². The molecule has 2 N–H and O–H groups in total. The second-order valence-electron chi connectivity index (χ2n) is 6.58. The lowest BCUT2D eigenvalue weighted by Crippen LogP contribution is -2.67. The first kappa shape index (κ1) is 12.4. The molecule has 2 heterocycles. The van der Waals surface area contributed by atoms with Crippen molar-refractivity contribution in [3.05, 3.63) is 0 Å². The zero-order chi connectivity index (χ0) is 12.8. The van der Waals surface area contributed by atoms with Gasteiger partial charge in [-0.25, -0.2) is 0 Å². The Morgan fingerprint density at radius 3 is 2.72 bits per heavy atom. The van der Waals surface area contributed by atoms with E-state index in [0.29, 0.717) is 18.1 Å². The largest absolute Gasteiger partial charge is 0.377 e. The Morgan fingerprint density at radius 1 is 1.28 bits per heavy atom. The van der Waals surface area contributed by atoms with Crippen molar-refractivity contribution in [2.24, 2.45) is 17.3 Å². The first-order valence-corrected chi connectivity index (χ1v) is 7.23. The van der Waals surface area contributed by atoms with Gasteiger partial charge >= 0.3 is 0 Å². The van der Waals surface area contributed by atoms with Crippen LogP contribution in [0.4, 0.5) is 0 Å². The number of hydrogen-bond donors (Lipinski definition) is 2. The van der Waals surface area contributed by atoms with E-state index in [1.165, 1.54) is 0 Å². The third-order valence-electron chi connectivity index (χ3n) is 5.11. The molecule has 18 heavy (non-hydrogen) atoms. The number of piperidine rings is 1. The van der Waals surface area contributed by atoms with Crippen LogP contribution in [0.25, 0.3) is 0 Å². The molecular formula is C14H24N2O2. The maximum Gasteiger partial charge on any atom is 0.223 e. The van der Waals surface area contributed by atoms with Crippen LogP contribution in [0.1, 0.15) is 33.1 Å². The van der Waals surface area contributed by atoms with Crippen molar-refractivity contribution in [3.8, 4) is 0 Å². The lowest BCUT2D eigenvalue weighted by molar-refractivity contribution is -0.141. The van der Waals surface area contributed by atoms with Crippen LogP contribution in [0.2, 0.25) is 0 Å². The molecular weight excluding hydrogens is 228 g/mol. The number of carbonyl (C=O) groups excluding carboxylic acids is 1. The third-order valence-corrected chi connectivity index (χ3v) is 5.11. The number of carbonyl (C=O) groups is 1. The second kappa shape index (κ2) is 4.49. The van der Waals surface area contributed by atoms with Gasteiger partial charge in [-0.05, 0) is 32.4 Å². The van der Waals surface area contributed by atoms with Crippen molar-refractivity contribution in [2.45, 2.75) is 45.3 Å². The average molecular weight is 252 g/mol. The fraction of sp³-hybridized carbons (Fsp3) is 0.929. The Balaban J connectivity index is 1.60. The zero-order valence-corrected chi connectivity index (χ0v) is 11.4. The maximum atomic E-state index is 12.3. The van der Waals surface area contributed by atoms with Gasteiger partial charge in [0.15, 0.2) is 0 Å². The van der Waals surface area contributed by atoms with Crippen LogP contribution in [0.3, 0.4) is 0 Å². The van der Waals surface area contributed by atoms with Gasteiger partial charge in [-0.2, -0.15) is 0 Å². The van der Waals surface area contributed by atoms with Crippen LogP contribution in [0.5, 0.6) is 0 Å². The van der Waals surface area contributed by atoms with Crippen LogP contribution >= 0.6 is 0 Å². The summed E-state index contributed by atoms with van der Waals surface area (Å²) >= 11 is 0. The summed E-state index contributed by atoms with van der Waals surface area (Å²) in [6.45, 7) is 7.24. The molecule has 4 heteroatoms. The number of amides is 1. The minimum atomic E-state index is 0.101. The van der Waals surface area contributed by atoms with E-state index in [2.05, 4.69) is 24.5 Å². The summed E-state index contributed by atoms with van der Waals surface area (Å²) in [6.07, 6.45) is 3.41. The number of rotatable bonds is 2. The van der Waals surface area contributed by atoms with Gasteiger partial charge in [0.05, 0.1) is 6.10 Å². The van der Waals surface area contributed by atoms with E-state index in [-0.39, 0.29) is 17.2 Å². The third kappa shape index (κ3) is 1.86. The molecule has 3 rings (SSSR count). The fourth-order valence-corrected chi connectivity index (χ4v) is 3.97. The predicted octanol–water partition coefficient (Wildman–Crippen LogP) is 0.916. The van der Waals surface area contributed by atoms with Gasteiger partial charge in [-0.3, -0.25) is 4.79 Å². The second-order valence-corrected chi connectivity index (χ2v) is 6.58. The molecule has 0 aromatic rings. The molecule has 3 aliphatic rings. The molecule has 0 aromatic carbocycles. The van der Waals surface area contributed by atoms with Crippen molar-refractivity contribution in [3.63, 3.8) is 0 Å². The molecule has 0 bridgehead atoms. The number of nitrogens with one attached hydrogen (secondary N) is 2. The summed E-state index contributed by atoms with van der Waals surface area (Å²) < 4.78 is 5.76. The van der Waals surface area contributed by atoms with Crippen LogP contribution in [-0.4, -0.2) is 37.7 Å². The van der Waals surface area contributed by atoms with Crippen LogP contribution < -0.4 is 10.6 Å². The molecule has 1 saturated carbocycles. The molecule has 2 aliphatic heterocycles. The maximum absolute atomic E-state index is 12.3. The molecule has 1 amide bonds. The highest BCUT2D eigenvalue weighted by Crippen LogP contribution is 2.52. The zero-order valence-electron chi connectivity index (χ0n) is 11.4. The van der Waals surface area contributed by atoms with E-state index in [1.54, 1.807) is 0 Å². The van der Waals surface area contributed by atoms with E-state index in [0.717, 1.165) is 39.0 Å². The summed E-state index contributed by atoms with van der Waals surface area (Å²) in [5.41, 5.74) is 0.101. The Bertz CT molecular complexity index is 337. The molecule has 102 valence electrons. The molecule has 0 aromatic heterocycles. The van der Waals surface area contributed by atoms with Crippen molar-refractivity contribution >= 4 is 5.91 Å². The first-order valence-electron chi connectivity index (χ1n) is 7.23. The molecule has 3 fully saturated rings. The Kier molecular flexibility index (Phi) is 3.10. The number of fused-ring (bicyclic) bond motifs is 1. The molecule has 3 atom stereocenters. The lowest BCUT2D eigenvalue weighted by Gasteiger charge is -2.54. The topological polar surface area (TPSA) is 50.4 Å². The minimum Gasteiger partial charge on any atom is -0.377 e. The Hall–Kier alpha value is -0.610. The van der Waals surface area contributed by atoms with Gasteiger partial charge in [-0.15, -0.1) is 0 Å². The molecule has 2 saturated heterocycles. The van der Waals surface area contributed by atoms with Gasteiger partial charge in [0.25, 0.3) is 0 Å². The summed E-state index contributed by atoms with van der Waals surface area (Å²) in [5, 5.41) is 6.61. The van der Waals surface area contributed by atoms with E-state index in [9.17, 15) is 4.79 Å². The molecule has 0 spiro atoms. The predicted molar refractivity (Wildman–Crippen MR) is 69.2 cm³/mol. The highest BCUT2D eigenvalue weighted by Gasteiger charge is 2.59. The van der Waals surface area contributed by atoms with Crippen LogP contribution in [0.15, 0.2) is 0 Å². The normalized spacial score (nSPS) is 38.9. The molecule has 4 nitrogen and oxygen atoms in total. The summed E-state index contributed by atoms with van der Waals surface area (Å²) in [4.78, 5) is 12.3. The fourth-order valence-electron chi connectivity index (χ4n) is 3.97. The van der Waals surface area contributed by atoms with Gasteiger partial charge in [0, 0.05) is 29.9 Å². The molecule has 0 unspecified atom stereocenters. The lowest BCUT2D eigenvalue weighted by atomic mass is 9.57. The van der Waals surface area contributed by atoms with Crippen molar-refractivity contribution < 1.29 is 9.53 Å². The van der Waals surface area contributed by atoms with Gasteiger partial charge in [-0.1, -0.05) is 13.8 Å². The molecule has 1 aliphatic carbocycles. The summed E-state index contributed by atoms with van der Waals surface area (Å²) in [6, 6.07) is 0.312. The van der Waals surface area contributed by atoms with E-state index < -0.39 is 0 Å². The van der Waals surface area contributed by atoms with Crippen molar-refractivity contribution in [1.29, 1.82) is 0 Å². The number of hydrogen-bond acceptors (Lipinski definition) is 3. The van der Waals surface area contributed by atoms with E-state index in [1.807, 2.05) is 0 Å². The summed E-state index contributed by atoms with van der Waals surface area (Å²) in [7, 11) is 0. The van der Waals surface area contributed by atoms with Crippen molar-refractivity contribution in [2.75, 3.05) is 19.7 Å². The monoisotopic (exact) mass is 252 g/mol. The average Bonchev–Trinajstić information content (AvgIpc) is 2.83. The van der Waals surface area contributed by atoms with Gasteiger partial charge in [0.1, 0.15) is 0 Å². The van der Waals surface area contributed by atoms with Gasteiger partial charge in [0.2, 0.25) is 5.91 Å².